The summed E-state index contributed by atoms with van der Waals surface area (Å²) in [6, 6.07) is 0. The van der Waals surface area contributed by atoms with Crippen LogP contribution in [0.2, 0.25) is 0 Å². The van der Waals surface area contributed by atoms with Crippen molar-refractivity contribution in [3.63, 3.8) is 0 Å². The molecule has 6 nitrogen and oxygen atoms in total. The number of hydrogen-bond acceptors (Lipinski definition) is 4. The molecule has 1 aliphatic rings. The van der Waals surface area contributed by atoms with Crippen molar-refractivity contribution in [1.82, 2.24) is 15.1 Å². The van der Waals surface area contributed by atoms with Crippen LogP contribution in [0.25, 0.3) is 0 Å². The highest BCUT2D eigenvalue weighted by molar-refractivity contribution is 5.80. The predicted molar refractivity (Wildman–Crippen MR) is 73.1 cm³/mol. The summed E-state index contributed by atoms with van der Waals surface area (Å²) in [7, 11) is 1.41. The number of ether oxygens (including phenoxy) is 1. The van der Waals surface area contributed by atoms with E-state index in [2.05, 4.69) is 10.2 Å². The number of nitrogens with zero attached hydrogens (tertiary/aromatic N) is 2. The number of aromatic nitrogens is 2. The maximum Gasteiger partial charge on any atom is 0.308 e. The molecule has 0 unspecified atom stereocenters. The van der Waals surface area contributed by atoms with Crippen LogP contribution in [0.15, 0.2) is 0 Å². The van der Waals surface area contributed by atoms with E-state index in [1.165, 1.54) is 7.11 Å². The molecule has 1 saturated heterocycles. The molecule has 1 aromatic heterocycles. The van der Waals surface area contributed by atoms with Crippen molar-refractivity contribution in [3.8, 4) is 0 Å². The first kappa shape index (κ1) is 14.6. The summed E-state index contributed by atoms with van der Waals surface area (Å²) in [4.78, 5) is 25.6. The molecule has 2 heterocycles. The molecule has 1 aromatic rings. The van der Waals surface area contributed by atoms with Gasteiger partial charge in [0.05, 0.1) is 25.1 Å². The van der Waals surface area contributed by atoms with Gasteiger partial charge in [-0.1, -0.05) is 0 Å². The van der Waals surface area contributed by atoms with Crippen LogP contribution < -0.4 is 0 Å². The standard InChI is InChI=1S/C14H21N3O3/c1-9-12(10(2)16-15-9)8-13(18)17-6-4-11(5-7-17)14(19)20-3/h11H,4-8H2,1-3H3,(H,15,16). The number of carbonyl (C=O) groups is 2. The van der Waals surface area contributed by atoms with Crippen molar-refractivity contribution in [2.45, 2.75) is 33.1 Å². The topological polar surface area (TPSA) is 75.3 Å². The number of methoxy groups -OCH3 is 1. The summed E-state index contributed by atoms with van der Waals surface area (Å²) in [6.07, 6.45) is 1.74. The van der Waals surface area contributed by atoms with E-state index in [4.69, 9.17) is 4.74 Å². The van der Waals surface area contributed by atoms with E-state index in [0.29, 0.717) is 32.4 Å². The number of carbonyl (C=O) groups excluding carboxylic acids is 2. The zero-order valence-electron chi connectivity index (χ0n) is 12.2. The quantitative estimate of drug-likeness (QED) is 0.837. The number of nitrogens with one attached hydrogen (secondary N) is 1. The second-order valence-corrected chi connectivity index (χ2v) is 5.27. The molecule has 1 N–H and O–H groups in total. The van der Waals surface area contributed by atoms with Gasteiger partial charge in [-0.2, -0.15) is 5.10 Å². The van der Waals surface area contributed by atoms with Crippen molar-refractivity contribution < 1.29 is 14.3 Å². The number of amides is 1. The maximum absolute atomic E-state index is 12.3. The Bertz CT molecular complexity index is 482. The van der Waals surface area contributed by atoms with E-state index >= 15 is 0 Å². The highest BCUT2D eigenvalue weighted by atomic mass is 16.5. The van der Waals surface area contributed by atoms with Gasteiger partial charge in [-0.3, -0.25) is 14.7 Å². The average Bonchev–Trinajstić information content (AvgIpc) is 2.78. The third-order valence-corrected chi connectivity index (χ3v) is 3.99. The summed E-state index contributed by atoms with van der Waals surface area (Å²) in [5.74, 6) is -0.138. The molecular weight excluding hydrogens is 258 g/mol. The van der Waals surface area contributed by atoms with Crippen LogP contribution in [0, 0.1) is 19.8 Å². The lowest BCUT2D eigenvalue weighted by molar-refractivity contribution is -0.148. The molecule has 0 aromatic carbocycles. The Morgan fingerprint density at radius 1 is 1.35 bits per heavy atom. The van der Waals surface area contributed by atoms with Gasteiger partial charge in [0.1, 0.15) is 0 Å². The van der Waals surface area contributed by atoms with Crippen molar-refractivity contribution in [3.05, 3.63) is 17.0 Å². The van der Waals surface area contributed by atoms with E-state index in [0.717, 1.165) is 17.0 Å². The van der Waals surface area contributed by atoms with Crippen molar-refractivity contribution >= 4 is 11.9 Å². The molecule has 6 heteroatoms. The number of aryl methyl sites for hydroxylation is 2. The van der Waals surface area contributed by atoms with Gasteiger partial charge >= 0.3 is 5.97 Å². The summed E-state index contributed by atoms with van der Waals surface area (Å²) in [5, 5.41) is 7.00. The van der Waals surface area contributed by atoms with Crippen molar-refractivity contribution in [1.29, 1.82) is 0 Å². The molecule has 1 aliphatic heterocycles. The third kappa shape index (κ3) is 3.00. The van der Waals surface area contributed by atoms with Crippen LogP contribution in [0.3, 0.4) is 0 Å². The second-order valence-electron chi connectivity index (χ2n) is 5.27. The van der Waals surface area contributed by atoms with Gasteiger partial charge in [0.15, 0.2) is 0 Å². The minimum absolute atomic E-state index is 0.0681. The molecule has 0 radical (unpaired) electrons. The number of aromatic amines is 1. The monoisotopic (exact) mass is 279 g/mol. The zero-order valence-corrected chi connectivity index (χ0v) is 12.2. The zero-order chi connectivity index (χ0) is 14.7. The summed E-state index contributed by atoms with van der Waals surface area (Å²) in [6.45, 7) is 5.06. The Morgan fingerprint density at radius 2 is 2.00 bits per heavy atom. The SMILES string of the molecule is COC(=O)C1CCN(C(=O)Cc2c(C)n[nH]c2C)CC1. The number of piperidine rings is 1. The van der Waals surface area contributed by atoms with E-state index in [9.17, 15) is 9.59 Å². The largest absolute Gasteiger partial charge is 0.469 e. The Balaban J connectivity index is 1.91. The number of rotatable bonds is 3. The molecule has 20 heavy (non-hydrogen) atoms. The number of likely N-dealkylation sites (tertiary alicyclic amines) is 1. The van der Waals surface area contributed by atoms with Crippen LogP contribution in [-0.2, 0) is 20.7 Å². The Kier molecular flexibility index (Phi) is 4.42. The van der Waals surface area contributed by atoms with Crippen molar-refractivity contribution in [2.75, 3.05) is 20.2 Å². The lowest BCUT2D eigenvalue weighted by atomic mass is 9.96. The maximum atomic E-state index is 12.3. The average molecular weight is 279 g/mol. The molecule has 0 atom stereocenters. The Labute approximate surface area is 118 Å². The van der Waals surface area contributed by atoms with Gasteiger partial charge in [0, 0.05) is 24.3 Å². The van der Waals surface area contributed by atoms with E-state index in [1.54, 1.807) is 0 Å². The number of hydrogen-bond donors (Lipinski definition) is 1. The van der Waals surface area contributed by atoms with E-state index in [1.807, 2.05) is 18.7 Å². The fraction of sp³-hybridized carbons (Fsp3) is 0.643. The first-order valence-electron chi connectivity index (χ1n) is 6.89. The van der Waals surface area contributed by atoms with Gasteiger partial charge in [-0.15, -0.1) is 0 Å². The summed E-state index contributed by atoms with van der Waals surface area (Å²) >= 11 is 0. The third-order valence-electron chi connectivity index (χ3n) is 3.99. The minimum atomic E-state index is -0.168. The van der Waals surface area contributed by atoms with Gasteiger partial charge in [-0.05, 0) is 26.7 Å². The van der Waals surface area contributed by atoms with Crippen LogP contribution in [0.4, 0.5) is 0 Å². The lowest BCUT2D eigenvalue weighted by Crippen LogP contribution is -2.41. The van der Waals surface area contributed by atoms with Gasteiger partial charge in [-0.25, -0.2) is 0 Å². The normalized spacial score (nSPS) is 16.2. The van der Waals surface area contributed by atoms with E-state index in [-0.39, 0.29) is 17.8 Å². The van der Waals surface area contributed by atoms with Crippen LogP contribution in [0.1, 0.15) is 29.8 Å². The second kappa shape index (κ2) is 6.07. The smallest absolute Gasteiger partial charge is 0.308 e. The Hall–Kier alpha value is -1.85. The summed E-state index contributed by atoms with van der Waals surface area (Å²) in [5.41, 5.74) is 2.80. The van der Waals surface area contributed by atoms with E-state index < -0.39 is 0 Å². The fourth-order valence-corrected chi connectivity index (χ4v) is 2.63. The highest BCUT2D eigenvalue weighted by Crippen LogP contribution is 2.20. The molecular formula is C14H21N3O3. The fourth-order valence-electron chi connectivity index (χ4n) is 2.63. The van der Waals surface area contributed by atoms with Crippen LogP contribution in [-0.4, -0.2) is 47.2 Å². The van der Waals surface area contributed by atoms with Crippen LogP contribution in [0.5, 0.6) is 0 Å². The highest BCUT2D eigenvalue weighted by Gasteiger charge is 2.28. The number of esters is 1. The van der Waals surface area contributed by atoms with Gasteiger partial charge < -0.3 is 9.64 Å². The Morgan fingerprint density at radius 3 is 2.50 bits per heavy atom. The lowest BCUT2D eigenvalue weighted by Gasteiger charge is -2.30. The first-order valence-corrected chi connectivity index (χ1v) is 6.89. The molecule has 2 rings (SSSR count). The van der Waals surface area contributed by atoms with Gasteiger partial charge in [0.25, 0.3) is 0 Å². The predicted octanol–water partition coefficient (Wildman–Crippen LogP) is 0.981. The number of H-pyrrole nitrogens is 1. The minimum Gasteiger partial charge on any atom is -0.469 e. The molecule has 110 valence electrons. The van der Waals surface area contributed by atoms with Crippen LogP contribution >= 0.6 is 0 Å². The van der Waals surface area contributed by atoms with Gasteiger partial charge in [0.2, 0.25) is 5.91 Å². The molecule has 0 aliphatic carbocycles. The molecule has 0 saturated carbocycles. The molecule has 1 amide bonds. The molecule has 1 fully saturated rings. The molecule has 0 bridgehead atoms. The first-order chi connectivity index (χ1) is 9.52. The summed E-state index contributed by atoms with van der Waals surface area (Å²) < 4.78 is 4.75. The molecule has 0 spiro atoms. The van der Waals surface area contributed by atoms with Crippen molar-refractivity contribution in [2.24, 2.45) is 5.92 Å².